The molecule has 12 nitrogen and oxygen atoms in total. The number of fused-ring (bicyclic) bond motifs is 1. The summed E-state index contributed by atoms with van der Waals surface area (Å²) in [6, 6.07) is 7.85. The van der Waals surface area contributed by atoms with Gasteiger partial charge in [-0.1, -0.05) is 0 Å². The van der Waals surface area contributed by atoms with Gasteiger partial charge in [0, 0.05) is 69.9 Å². The fourth-order valence-corrected chi connectivity index (χ4v) is 7.01. The Bertz CT molecular complexity index is 1820. The van der Waals surface area contributed by atoms with Gasteiger partial charge < -0.3 is 29.5 Å². The van der Waals surface area contributed by atoms with Crippen LogP contribution in [0.15, 0.2) is 41.3 Å². The van der Waals surface area contributed by atoms with Gasteiger partial charge in [-0.2, -0.15) is 0 Å². The number of nitrogens with one attached hydrogen (secondary N) is 1. The first-order chi connectivity index (χ1) is 22.6. The molecule has 14 heteroatoms. The van der Waals surface area contributed by atoms with E-state index in [9.17, 15) is 24.3 Å². The molecule has 2 atom stereocenters. The van der Waals surface area contributed by atoms with E-state index in [1.807, 2.05) is 14.4 Å². The molecule has 3 aliphatic heterocycles. The summed E-state index contributed by atoms with van der Waals surface area (Å²) in [7, 11) is 0. The number of anilines is 3. The largest absolute Gasteiger partial charge is 0.477 e. The molecule has 3 saturated heterocycles. The molecule has 47 heavy (non-hydrogen) atoms. The number of carboxylic acids is 1. The Hall–Kier alpha value is -4.72. The van der Waals surface area contributed by atoms with Gasteiger partial charge in [-0.25, -0.2) is 18.4 Å². The summed E-state index contributed by atoms with van der Waals surface area (Å²) < 4.78 is 37.9. The quantitative estimate of drug-likeness (QED) is 0.378. The number of halogens is 2. The van der Waals surface area contributed by atoms with Gasteiger partial charge in [0.05, 0.1) is 35.7 Å². The third kappa shape index (κ3) is 5.97. The van der Waals surface area contributed by atoms with Crippen LogP contribution in [0.25, 0.3) is 10.9 Å². The molecule has 4 aliphatic rings. The molecule has 248 valence electrons. The number of carbonyl (C=O) groups is 3. The van der Waals surface area contributed by atoms with Gasteiger partial charge in [-0.3, -0.25) is 19.4 Å². The molecule has 7 rings (SSSR count). The van der Waals surface area contributed by atoms with Crippen LogP contribution in [0.1, 0.15) is 42.6 Å². The van der Waals surface area contributed by atoms with Crippen molar-refractivity contribution in [1.82, 2.24) is 14.8 Å². The fraction of sp³-hybridized carbons (Fsp3) is 0.455. The van der Waals surface area contributed by atoms with Crippen LogP contribution in [0.3, 0.4) is 0 Å². The van der Waals surface area contributed by atoms with Crippen LogP contribution in [0.2, 0.25) is 0 Å². The van der Waals surface area contributed by atoms with Gasteiger partial charge >= 0.3 is 12.1 Å². The lowest BCUT2D eigenvalue weighted by Crippen LogP contribution is -2.51. The molecule has 4 fully saturated rings. The topological polar surface area (TPSA) is 128 Å². The summed E-state index contributed by atoms with van der Waals surface area (Å²) in [5.74, 6) is -2.53. The van der Waals surface area contributed by atoms with Crippen LogP contribution in [-0.2, 0) is 9.53 Å². The Morgan fingerprint density at radius 3 is 2.34 bits per heavy atom. The van der Waals surface area contributed by atoms with Crippen LogP contribution in [0.4, 0.5) is 30.6 Å². The number of hydrogen-bond acceptors (Lipinski definition) is 8. The molecule has 1 aliphatic carbocycles. The summed E-state index contributed by atoms with van der Waals surface area (Å²) in [6.07, 6.45) is 2.88. The maximum atomic E-state index is 15.5. The molecule has 2 amide bonds. The maximum absolute atomic E-state index is 15.5. The monoisotopic (exact) mass is 650 g/mol. The Kier molecular flexibility index (Phi) is 7.98. The number of cyclic esters (lactones) is 1. The van der Waals surface area contributed by atoms with Crippen LogP contribution < -0.4 is 25.4 Å². The summed E-state index contributed by atoms with van der Waals surface area (Å²) >= 11 is 0. The zero-order chi connectivity index (χ0) is 33.0. The number of aromatic carboxylic acids is 1. The number of rotatable bonds is 8. The van der Waals surface area contributed by atoms with Crippen molar-refractivity contribution >= 4 is 45.9 Å². The average molecular weight is 651 g/mol. The number of pyridine rings is 1. The van der Waals surface area contributed by atoms with Crippen LogP contribution in [0.5, 0.6) is 0 Å². The Balaban J connectivity index is 0.995. The minimum absolute atomic E-state index is 0.0803. The van der Waals surface area contributed by atoms with Crippen LogP contribution in [-0.4, -0.2) is 97.0 Å². The molecule has 1 saturated carbocycles. The Labute approximate surface area is 269 Å². The maximum Gasteiger partial charge on any atom is 0.414 e. The molecular formula is C33H36F2N6O6. The van der Waals surface area contributed by atoms with Crippen molar-refractivity contribution in [2.45, 2.75) is 44.4 Å². The van der Waals surface area contributed by atoms with Crippen LogP contribution in [0, 0.1) is 11.6 Å². The molecule has 2 aromatic carbocycles. The second kappa shape index (κ2) is 12.1. The van der Waals surface area contributed by atoms with Crippen molar-refractivity contribution in [3.63, 3.8) is 0 Å². The van der Waals surface area contributed by atoms with Crippen LogP contribution >= 0.6 is 0 Å². The highest BCUT2D eigenvalue weighted by Gasteiger charge is 2.35. The van der Waals surface area contributed by atoms with E-state index >= 15 is 8.78 Å². The number of amides is 2. The first-order valence-corrected chi connectivity index (χ1v) is 15.9. The number of aromatic nitrogens is 1. The standard InChI is InChI=1S/C33H36F2N6O6/c1-19(42)36-15-23-17-41(33(46)47-23)21-4-5-28(26(34)12-21)38-10-8-37(9-11-38)22-6-7-39(16-22)30-14-29-24(13-27(30)35)31(43)25(32(44)45)18-40(29)20-2-3-20/h4-5,12-14,18,20,22-23H,2-3,6-11,15-17H2,1H3,(H,36,42)(H,44,45)/t22?,23-/m0/s1. The van der Waals surface area contributed by atoms with Gasteiger partial charge in [0.1, 0.15) is 23.3 Å². The van der Waals surface area contributed by atoms with E-state index in [1.165, 1.54) is 30.2 Å². The average Bonchev–Trinajstić information content (AvgIpc) is 3.64. The summed E-state index contributed by atoms with van der Waals surface area (Å²) in [5, 5.41) is 12.2. The lowest BCUT2D eigenvalue weighted by atomic mass is 10.1. The van der Waals surface area contributed by atoms with E-state index in [1.54, 1.807) is 18.2 Å². The number of carbonyl (C=O) groups excluding carboxylic acids is 2. The first kappa shape index (κ1) is 30.9. The highest BCUT2D eigenvalue weighted by Crippen LogP contribution is 2.39. The highest BCUT2D eigenvalue weighted by molar-refractivity contribution is 5.94. The molecule has 2 N–H and O–H groups in total. The minimum Gasteiger partial charge on any atom is -0.477 e. The second-order valence-corrected chi connectivity index (χ2v) is 12.7. The molecule has 0 radical (unpaired) electrons. The van der Waals surface area contributed by atoms with Gasteiger partial charge in [0.25, 0.3) is 0 Å². The van der Waals surface area contributed by atoms with Crippen molar-refractivity contribution in [3.8, 4) is 0 Å². The summed E-state index contributed by atoms with van der Waals surface area (Å²) in [5.41, 5.74) is 0.774. The Morgan fingerprint density at radius 2 is 1.66 bits per heavy atom. The molecule has 0 bridgehead atoms. The van der Waals surface area contributed by atoms with Crippen molar-refractivity contribution in [1.29, 1.82) is 0 Å². The van der Waals surface area contributed by atoms with Crippen molar-refractivity contribution < 1.29 is 33.0 Å². The van der Waals surface area contributed by atoms with Crippen molar-refractivity contribution in [3.05, 3.63) is 63.9 Å². The van der Waals surface area contributed by atoms with Gasteiger partial charge in [0.2, 0.25) is 11.3 Å². The molecule has 0 spiro atoms. The molecule has 4 heterocycles. The summed E-state index contributed by atoms with van der Waals surface area (Å²) in [4.78, 5) is 55.8. The first-order valence-electron chi connectivity index (χ1n) is 15.9. The predicted molar refractivity (Wildman–Crippen MR) is 170 cm³/mol. The van der Waals surface area contributed by atoms with Gasteiger partial charge in [-0.05, 0) is 49.6 Å². The lowest BCUT2D eigenvalue weighted by Gasteiger charge is -2.39. The SMILES string of the molecule is CC(=O)NC[C@H]1CN(c2ccc(N3CCN(C4CCN(c5cc6c(cc5F)c(=O)c(C(=O)O)cn6C5CC5)C4)CC3)c(F)c2)C(=O)O1. The summed E-state index contributed by atoms with van der Waals surface area (Å²) in [6.45, 7) is 5.61. The van der Waals surface area contributed by atoms with E-state index < -0.39 is 35.2 Å². The van der Waals surface area contributed by atoms with E-state index in [2.05, 4.69) is 10.2 Å². The second-order valence-electron chi connectivity index (χ2n) is 12.7. The van der Waals surface area contributed by atoms with E-state index in [4.69, 9.17) is 4.74 Å². The minimum atomic E-state index is -1.32. The number of ether oxygens (including phenoxy) is 1. The third-order valence-electron chi connectivity index (χ3n) is 9.64. The van der Waals surface area contributed by atoms with Crippen molar-refractivity contribution in [2.24, 2.45) is 0 Å². The van der Waals surface area contributed by atoms with Crippen molar-refractivity contribution in [2.75, 3.05) is 67.1 Å². The smallest absolute Gasteiger partial charge is 0.414 e. The third-order valence-corrected chi connectivity index (χ3v) is 9.64. The molecule has 3 aromatic rings. The van der Waals surface area contributed by atoms with Gasteiger partial charge in [0.15, 0.2) is 0 Å². The van der Waals surface area contributed by atoms with E-state index in [0.29, 0.717) is 61.8 Å². The molecule has 1 aromatic heterocycles. The highest BCUT2D eigenvalue weighted by atomic mass is 19.1. The Morgan fingerprint density at radius 1 is 0.915 bits per heavy atom. The lowest BCUT2D eigenvalue weighted by molar-refractivity contribution is -0.119. The zero-order valence-corrected chi connectivity index (χ0v) is 26.0. The number of carboxylic acid groups (broad SMARTS) is 1. The number of benzene rings is 2. The number of piperazine rings is 1. The van der Waals surface area contributed by atoms with Gasteiger partial charge in [-0.15, -0.1) is 0 Å². The fourth-order valence-electron chi connectivity index (χ4n) is 7.01. The van der Waals surface area contributed by atoms with E-state index in [0.717, 1.165) is 19.3 Å². The number of hydrogen-bond donors (Lipinski definition) is 2. The predicted octanol–water partition coefficient (Wildman–Crippen LogP) is 3.18. The zero-order valence-electron chi connectivity index (χ0n) is 26.0. The molecule has 1 unspecified atom stereocenters. The van der Waals surface area contributed by atoms with E-state index in [-0.39, 0.29) is 42.0 Å². The number of nitrogens with zero attached hydrogens (tertiary/aromatic N) is 5. The molecular weight excluding hydrogens is 614 g/mol. The normalized spacial score (nSPS) is 21.9.